The van der Waals surface area contributed by atoms with Crippen molar-refractivity contribution in [2.45, 2.75) is 6.92 Å². The second-order valence-electron chi connectivity index (χ2n) is 4.36. The van der Waals surface area contributed by atoms with Gasteiger partial charge in [-0.1, -0.05) is 36.4 Å². The summed E-state index contributed by atoms with van der Waals surface area (Å²) in [6, 6.07) is 18.4. The van der Waals surface area contributed by atoms with Crippen LogP contribution in [0.4, 0.5) is 11.5 Å². The van der Waals surface area contributed by atoms with Gasteiger partial charge in [0.1, 0.15) is 5.82 Å². The molecule has 3 aromatic rings. The smallest absolute Gasteiger partial charge is 0.130 e. The molecular weight excluding hydrogens is 220 g/mol. The van der Waals surface area contributed by atoms with Crippen LogP contribution in [0.3, 0.4) is 0 Å². The van der Waals surface area contributed by atoms with Gasteiger partial charge in [0.05, 0.1) is 0 Å². The number of benzene rings is 2. The molecular formula is C16H14N2. The van der Waals surface area contributed by atoms with E-state index in [0.29, 0.717) is 0 Å². The number of hydrogen-bond acceptors (Lipinski definition) is 2. The van der Waals surface area contributed by atoms with Crippen LogP contribution in [0, 0.1) is 6.92 Å². The molecule has 3 rings (SSSR count). The second kappa shape index (κ2) is 4.49. The normalized spacial score (nSPS) is 10.5. The first-order valence-electron chi connectivity index (χ1n) is 6.00. The van der Waals surface area contributed by atoms with Gasteiger partial charge in [-0.15, -0.1) is 0 Å². The van der Waals surface area contributed by atoms with Gasteiger partial charge in [0, 0.05) is 17.3 Å². The van der Waals surface area contributed by atoms with Gasteiger partial charge in [-0.3, -0.25) is 0 Å². The molecule has 0 saturated carbocycles. The Hall–Kier alpha value is -2.35. The van der Waals surface area contributed by atoms with Crippen LogP contribution in [0.5, 0.6) is 0 Å². The molecule has 0 atom stereocenters. The molecule has 0 bridgehead atoms. The van der Waals surface area contributed by atoms with Crippen LogP contribution in [0.2, 0.25) is 0 Å². The Morgan fingerprint density at radius 3 is 2.61 bits per heavy atom. The molecule has 2 nitrogen and oxygen atoms in total. The van der Waals surface area contributed by atoms with Crippen LogP contribution in [0.25, 0.3) is 10.8 Å². The first kappa shape index (κ1) is 10.8. The first-order chi connectivity index (χ1) is 8.83. The maximum Gasteiger partial charge on any atom is 0.130 e. The average Bonchev–Trinajstić information content (AvgIpc) is 2.40. The quantitative estimate of drug-likeness (QED) is 0.715. The number of nitrogens with zero attached hydrogens (tertiary/aromatic N) is 1. The Bertz CT molecular complexity index is 675. The van der Waals surface area contributed by atoms with Gasteiger partial charge >= 0.3 is 0 Å². The molecule has 0 aliphatic carbocycles. The summed E-state index contributed by atoms with van der Waals surface area (Å²) >= 11 is 0. The van der Waals surface area contributed by atoms with E-state index in [0.717, 1.165) is 11.5 Å². The first-order valence-corrected chi connectivity index (χ1v) is 6.00. The fourth-order valence-corrected chi connectivity index (χ4v) is 2.06. The molecule has 0 fully saturated rings. The predicted octanol–water partition coefficient (Wildman–Crippen LogP) is 4.29. The van der Waals surface area contributed by atoms with Crippen LogP contribution in [0.15, 0.2) is 60.8 Å². The molecule has 0 spiro atoms. The van der Waals surface area contributed by atoms with Crippen molar-refractivity contribution < 1.29 is 0 Å². The SMILES string of the molecule is Cc1cccc2cc(Nc3ccccc3)ncc12. The summed E-state index contributed by atoms with van der Waals surface area (Å²) in [4.78, 5) is 4.45. The van der Waals surface area contributed by atoms with E-state index in [2.05, 4.69) is 41.5 Å². The van der Waals surface area contributed by atoms with E-state index in [1.165, 1.54) is 16.3 Å². The van der Waals surface area contributed by atoms with Crippen molar-refractivity contribution in [2.75, 3.05) is 5.32 Å². The summed E-state index contributed by atoms with van der Waals surface area (Å²) < 4.78 is 0. The van der Waals surface area contributed by atoms with Gasteiger partial charge in [0.25, 0.3) is 0 Å². The van der Waals surface area contributed by atoms with Crippen molar-refractivity contribution in [2.24, 2.45) is 0 Å². The number of rotatable bonds is 2. The lowest BCUT2D eigenvalue weighted by Gasteiger charge is -2.07. The Morgan fingerprint density at radius 1 is 0.944 bits per heavy atom. The molecule has 0 saturated heterocycles. The van der Waals surface area contributed by atoms with E-state index in [-0.39, 0.29) is 0 Å². The summed E-state index contributed by atoms with van der Waals surface area (Å²) in [5.41, 5.74) is 2.31. The number of anilines is 2. The monoisotopic (exact) mass is 234 g/mol. The molecule has 0 aliphatic heterocycles. The molecule has 1 aromatic heterocycles. The summed E-state index contributed by atoms with van der Waals surface area (Å²) in [5, 5.41) is 5.72. The minimum Gasteiger partial charge on any atom is -0.340 e. The lowest BCUT2D eigenvalue weighted by Crippen LogP contribution is -1.93. The van der Waals surface area contributed by atoms with Crippen molar-refractivity contribution in [3.8, 4) is 0 Å². The van der Waals surface area contributed by atoms with Gasteiger partial charge < -0.3 is 5.32 Å². The van der Waals surface area contributed by atoms with Crippen molar-refractivity contribution in [1.82, 2.24) is 4.98 Å². The summed E-state index contributed by atoms with van der Waals surface area (Å²) in [5.74, 6) is 0.874. The van der Waals surface area contributed by atoms with Crippen LogP contribution < -0.4 is 5.32 Å². The fraction of sp³-hybridized carbons (Fsp3) is 0.0625. The largest absolute Gasteiger partial charge is 0.340 e. The Kier molecular flexibility index (Phi) is 2.69. The van der Waals surface area contributed by atoms with E-state index in [1.54, 1.807) is 0 Å². The van der Waals surface area contributed by atoms with Crippen LogP contribution in [-0.2, 0) is 0 Å². The van der Waals surface area contributed by atoms with E-state index in [9.17, 15) is 0 Å². The molecule has 0 aliphatic rings. The number of hydrogen-bond donors (Lipinski definition) is 1. The zero-order valence-corrected chi connectivity index (χ0v) is 10.2. The molecule has 0 amide bonds. The lowest BCUT2D eigenvalue weighted by molar-refractivity contribution is 1.33. The summed E-state index contributed by atoms with van der Waals surface area (Å²) in [7, 11) is 0. The van der Waals surface area contributed by atoms with Crippen LogP contribution >= 0.6 is 0 Å². The highest BCUT2D eigenvalue weighted by molar-refractivity contribution is 5.87. The highest BCUT2D eigenvalue weighted by Gasteiger charge is 2.00. The maximum absolute atomic E-state index is 4.45. The minimum atomic E-state index is 0.874. The zero-order chi connectivity index (χ0) is 12.4. The van der Waals surface area contributed by atoms with Crippen molar-refractivity contribution in [3.05, 3.63) is 66.4 Å². The van der Waals surface area contributed by atoms with Gasteiger partial charge in [-0.2, -0.15) is 0 Å². The average molecular weight is 234 g/mol. The molecule has 18 heavy (non-hydrogen) atoms. The minimum absolute atomic E-state index is 0.874. The highest BCUT2D eigenvalue weighted by Crippen LogP contribution is 2.21. The fourth-order valence-electron chi connectivity index (χ4n) is 2.06. The predicted molar refractivity (Wildman–Crippen MR) is 76.2 cm³/mol. The maximum atomic E-state index is 4.45. The van der Waals surface area contributed by atoms with E-state index >= 15 is 0 Å². The molecule has 88 valence electrons. The highest BCUT2D eigenvalue weighted by atomic mass is 15.0. The Morgan fingerprint density at radius 2 is 1.78 bits per heavy atom. The summed E-state index contributed by atoms with van der Waals surface area (Å²) in [6.07, 6.45) is 1.93. The third kappa shape index (κ3) is 2.05. The van der Waals surface area contributed by atoms with Gasteiger partial charge in [-0.25, -0.2) is 4.98 Å². The van der Waals surface area contributed by atoms with Crippen molar-refractivity contribution in [1.29, 1.82) is 0 Å². The van der Waals surface area contributed by atoms with Crippen molar-refractivity contribution >= 4 is 22.3 Å². The number of aromatic nitrogens is 1. The Balaban J connectivity index is 1.99. The van der Waals surface area contributed by atoms with Gasteiger partial charge in [-0.05, 0) is 36.1 Å². The molecule has 0 unspecified atom stereocenters. The topological polar surface area (TPSA) is 24.9 Å². The molecule has 2 heteroatoms. The molecule has 0 radical (unpaired) electrons. The third-order valence-electron chi connectivity index (χ3n) is 3.03. The van der Waals surface area contributed by atoms with Crippen molar-refractivity contribution in [3.63, 3.8) is 0 Å². The number of pyridine rings is 1. The lowest BCUT2D eigenvalue weighted by atomic mass is 10.1. The van der Waals surface area contributed by atoms with Crippen LogP contribution in [0.1, 0.15) is 5.56 Å². The van der Waals surface area contributed by atoms with Gasteiger partial charge in [0.2, 0.25) is 0 Å². The summed E-state index contributed by atoms with van der Waals surface area (Å²) in [6.45, 7) is 2.11. The number of aryl methyl sites for hydroxylation is 1. The number of para-hydroxylation sites is 1. The van der Waals surface area contributed by atoms with Crippen LogP contribution in [-0.4, -0.2) is 4.98 Å². The van der Waals surface area contributed by atoms with E-state index in [4.69, 9.17) is 0 Å². The zero-order valence-electron chi connectivity index (χ0n) is 10.2. The third-order valence-corrected chi connectivity index (χ3v) is 3.03. The van der Waals surface area contributed by atoms with Gasteiger partial charge in [0.15, 0.2) is 0 Å². The van der Waals surface area contributed by atoms with E-state index in [1.807, 2.05) is 36.5 Å². The molecule has 2 aromatic carbocycles. The van der Waals surface area contributed by atoms with E-state index < -0.39 is 0 Å². The number of fused-ring (bicyclic) bond motifs is 1. The number of nitrogens with one attached hydrogen (secondary N) is 1. The molecule has 1 N–H and O–H groups in total. The Labute approximate surface area is 106 Å². The molecule has 1 heterocycles. The second-order valence-corrected chi connectivity index (χ2v) is 4.36. The standard InChI is InChI=1S/C16H14N2/c1-12-6-5-7-13-10-16(17-11-15(12)13)18-14-8-3-2-4-9-14/h2-11H,1H3,(H,17,18).